The van der Waals surface area contributed by atoms with Crippen LogP contribution in [0.1, 0.15) is 36.0 Å². The van der Waals surface area contributed by atoms with Gasteiger partial charge in [-0.1, -0.05) is 0 Å². The fraction of sp³-hybridized carbons (Fsp3) is 0.400. The van der Waals surface area contributed by atoms with E-state index in [0.717, 1.165) is 25.9 Å². The quantitative estimate of drug-likeness (QED) is 0.697. The van der Waals surface area contributed by atoms with Crippen LogP contribution in [0.3, 0.4) is 0 Å². The zero-order valence-electron chi connectivity index (χ0n) is 16.9. The molecule has 3 aromatic rings. The molecule has 1 saturated heterocycles. The second kappa shape index (κ2) is 7.36. The molecule has 0 aliphatic carbocycles. The van der Waals surface area contributed by atoms with E-state index in [4.69, 9.17) is 4.42 Å². The first-order valence-corrected chi connectivity index (χ1v) is 10.1. The molecule has 10 heteroatoms. The van der Waals surface area contributed by atoms with Gasteiger partial charge in [0.25, 0.3) is 5.91 Å². The van der Waals surface area contributed by atoms with Gasteiger partial charge < -0.3 is 19.5 Å². The van der Waals surface area contributed by atoms with Crippen molar-refractivity contribution in [3.63, 3.8) is 0 Å². The van der Waals surface area contributed by atoms with Crippen molar-refractivity contribution in [2.75, 3.05) is 34.8 Å². The lowest BCUT2D eigenvalue weighted by Crippen LogP contribution is -2.39. The Kier molecular flexibility index (Phi) is 4.53. The Morgan fingerprint density at radius 1 is 1.27 bits per heavy atom. The number of anilines is 3. The standard InChI is InChI=1S/C20H22N8O2/c1-3-22-20-23-10-16-17(24-20)27-6-4-5-14(27)11-28(19(16)29)15-7-13(8-21-9-15)18-26-25-12(2)30-18/h7-10,14H,3-6,11H2,1-2H3,(H,22,23,24)/t14-/m0/s1. The minimum Gasteiger partial charge on any atom is -0.421 e. The summed E-state index contributed by atoms with van der Waals surface area (Å²) in [7, 11) is 0. The highest BCUT2D eigenvalue weighted by Crippen LogP contribution is 2.34. The van der Waals surface area contributed by atoms with Gasteiger partial charge in [0.1, 0.15) is 11.4 Å². The molecule has 1 amide bonds. The van der Waals surface area contributed by atoms with E-state index in [1.165, 1.54) is 0 Å². The summed E-state index contributed by atoms with van der Waals surface area (Å²) in [5.41, 5.74) is 1.86. The number of aromatic nitrogens is 5. The van der Waals surface area contributed by atoms with Gasteiger partial charge in [0, 0.05) is 45.0 Å². The molecule has 0 radical (unpaired) electrons. The van der Waals surface area contributed by atoms with Gasteiger partial charge >= 0.3 is 0 Å². The van der Waals surface area contributed by atoms with Gasteiger partial charge in [-0.25, -0.2) is 4.98 Å². The van der Waals surface area contributed by atoms with Crippen molar-refractivity contribution in [1.29, 1.82) is 0 Å². The van der Waals surface area contributed by atoms with Crippen molar-refractivity contribution in [3.8, 4) is 11.5 Å². The van der Waals surface area contributed by atoms with E-state index in [0.29, 0.717) is 46.9 Å². The number of nitrogens with one attached hydrogen (secondary N) is 1. The van der Waals surface area contributed by atoms with E-state index >= 15 is 0 Å². The van der Waals surface area contributed by atoms with Crippen LogP contribution in [-0.4, -0.2) is 56.7 Å². The minimum absolute atomic E-state index is 0.136. The van der Waals surface area contributed by atoms with Crippen molar-refractivity contribution in [2.24, 2.45) is 0 Å². The summed E-state index contributed by atoms with van der Waals surface area (Å²) in [6, 6.07) is 2.05. The highest BCUT2D eigenvalue weighted by atomic mass is 16.4. The summed E-state index contributed by atoms with van der Waals surface area (Å²) in [6.45, 7) is 5.88. The third kappa shape index (κ3) is 3.14. The van der Waals surface area contributed by atoms with Crippen LogP contribution in [0, 0.1) is 6.92 Å². The molecule has 30 heavy (non-hydrogen) atoms. The summed E-state index contributed by atoms with van der Waals surface area (Å²) in [6.07, 6.45) is 7.02. The van der Waals surface area contributed by atoms with Crippen LogP contribution >= 0.6 is 0 Å². The first-order valence-electron chi connectivity index (χ1n) is 10.1. The van der Waals surface area contributed by atoms with Gasteiger partial charge in [0.15, 0.2) is 0 Å². The molecule has 1 N–H and O–H groups in total. The Hall–Kier alpha value is -3.56. The number of rotatable bonds is 4. The first kappa shape index (κ1) is 18.5. The van der Waals surface area contributed by atoms with Crippen LogP contribution in [0.25, 0.3) is 11.5 Å². The summed E-state index contributed by atoms with van der Waals surface area (Å²) < 4.78 is 5.52. The number of pyridine rings is 1. The van der Waals surface area contributed by atoms with Crippen molar-refractivity contribution in [1.82, 2.24) is 25.1 Å². The van der Waals surface area contributed by atoms with Crippen LogP contribution < -0.4 is 15.1 Å². The average molecular weight is 406 g/mol. The van der Waals surface area contributed by atoms with E-state index in [2.05, 4.69) is 35.4 Å². The van der Waals surface area contributed by atoms with Crippen LogP contribution in [-0.2, 0) is 0 Å². The topological polar surface area (TPSA) is 113 Å². The molecule has 0 aromatic carbocycles. The van der Waals surface area contributed by atoms with E-state index in [-0.39, 0.29) is 11.9 Å². The lowest BCUT2D eigenvalue weighted by Gasteiger charge is -2.27. The molecular weight excluding hydrogens is 384 g/mol. The van der Waals surface area contributed by atoms with Crippen LogP contribution in [0.4, 0.5) is 17.5 Å². The zero-order chi connectivity index (χ0) is 20.7. The molecule has 5 rings (SSSR count). The van der Waals surface area contributed by atoms with Crippen LogP contribution in [0.15, 0.2) is 29.1 Å². The molecule has 0 bridgehead atoms. The number of aryl methyl sites for hydroxylation is 1. The van der Waals surface area contributed by atoms with E-state index in [9.17, 15) is 4.79 Å². The van der Waals surface area contributed by atoms with Crippen molar-refractivity contribution >= 4 is 23.4 Å². The highest BCUT2D eigenvalue weighted by molar-refractivity contribution is 6.10. The van der Waals surface area contributed by atoms with Crippen LogP contribution in [0.2, 0.25) is 0 Å². The lowest BCUT2D eigenvalue weighted by molar-refractivity contribution is 0.0988. The molecule has 0 spiro atoms. The Labute approximate surface area is 173 Å². The predicted octanol–water partition coefficient (Wildman–Crippen LogP) is 2.29. The van der Waals surface area contributed by atoms with Gasteiger partial charge in [0.2, 0.25) is 17.7 Å². The van der Waals surface area contributed by atoms with Crippen molar-refractivity contribution < 1.29 is 9.21 Å². The smallest absolute Gasteiger partial charge is 0.263 e. The average Bonchev–Trinajstić information content (AvgIpc) is 3.38. The number of carbonyl (C=O) groups is 1. The Balaban J connectivity index is 1.56. The van der Waals surface area contributed by atoms with Crippen molar-refractivity contribution in [2.45, 2.75) is 32.7 Å². The van der Waals surface area contributed by atoms with Gasteiger partial charge in [-0.15, -0.1) is 10.2 Å². The Morgan fingerprint density at radius 2 is 2.17 bits per heavy atom. The number of hydrogen-bond donors (Lipinski definition) is 1. The maximum Gasteiger partial charge on any atom is 0.263 e. The SMILES string of the molecule is CCNc1ncc2c(n1)N1CCC[C@H]1CN(c1cncc(-c3nnc(C)o3)c1)C2=O. The molecule has 0 unspecified atom stereocenters. The highest BCUT2D eigenvalue weighted by Gasteiger charge is 2.37. The lowest BCUT2D eigenvalue weighted by atomic mass is 10.2. The molecule has 1 atom stereocenters. The number of nitrogens with zero attached hydrogens (tertiary/aromatic N) is 7. The summed E-state index contributed by atoms with van der Waals surface area (Å²) in [5, 5.41) is 11.1. The van der Waals surface area contributed by atoms with Gasteiger partial charge in [-0.05, 0) is 25.8 Å². The summed E-state index contributed by atoms with van der Waals surface area (Å²) in [4.78, 5) is 30.8. The van der Waals surface area contributed by atoms with Gasteiger partial charge in [-0.3, -0.25) is 9.78 Å². The summed E-state index contributed by atoms with van der Waals surface area (Å²) in [5.74, 6) is 1.96. The second-order valence-electron chi connectivity index (χ2n) is 7.42. The largest absolute Gasteiger partial charge is 0.421 e. The first-order chi connectivity index (χ1) is 14.6. The monoisotopic (exact) mass is 406 g/mol. The predicted molar refractivity (Wildman–Crippen MR) is 111 cm³/mol. The molecule has 5 heterocycles. The second-order valence-corrected chi connectivity index (χ2v) is 7.42. The third-order valence-corrected chi connectivity index (χ3v) is 5.43. The molecule has 3 aromatic heterocycles. The Morgan fingerprint density at radius 3 is 2.97 bits per heavy atom. The number of fused-ring (bicyclic) bond motifs is 3. The molecule has 2 aliphatic heterocycles. The van der Waals surface area contributed by atoms with E-state index < -0.39 is 0 Å². The summed E-state index contributed by atoms with van der Waals surface area (Å²) >= 11 is 0. The number of hydrogen-bond acceptors (Lipinski definition) is 9. The Bertz CT molecular complexity index is 1100. The maximum absolute atomic E-state index is 13.5. The van der Waals surface area contributed by atoms with Crippen LogP contribution in [0.5, 0.6) is 0 Å². The molecular formula is C20H22N8O2. The molecule has 10 nitrogen and oxygen atoms in total. The number of carbonyl (C=O) groups excluding carboxylic acids is 1. The molecule has 1 fully saturated rings. The molecule has 154 valence electrons. The maximum atomic E-state index is 13.5. The number of amides is 1. The minimum atomic E-state index is -0.136. The van der Waals surface area contributed by atoms with Gasteiger partial charge in [-0.2, -0.15) is 4.98 Å². The van der Waals surface area contributed by atoms with Crippen molar-refractivity contribution in [3.05, 3.63) is 36.1 Å². The van der Waals surface area contributed by atoms with E-state index in [1.54, 1.807) is 30.4 Å². The fourth-order valence-corrected chi connectivity index (χ4v) is 4.06. The van der Waals surface area contributed by atoms with Gasteiger partial charge in [0.05, 0.1) is 17.4 Å². The van der Waals surface area contributed by atoms with E-state index in [1.807, 2.05) is 13.0 Å². The molecule has 0 saturated carbocycles. The zero-order valence-corrected chi connectivity index (χ0v) is 16.9. The third-order valence-electron chi connectivity index (χ3n) is 5.43. The molecule has 2 aliphatic rings. The fourth-order valence-electron chi connectivity index (χ4n) is 4.06. The normalized spacial score (nSPS) is 18.2.